The summed E-state index contributed by atoms with van der Waals surface area (Å²) in [6.45, 7) is 4.45. The number of halogens is 1. The summed E-state index contributed by atoms with van der Waals surface area (Å²) in [7, 11) is 0. The number of fused-ring (bicyclic) bond motifs is 1. The molecule has 1 aromatic rings. The minimum atomic E-state index is -0.159. The summed E-state index contributed by atoms with van der Waals surface area (Å²) < 4.78 is 13.0. The van der Waals surface area contributed by atoms with E-state index >= 15 is 0 Å². The van der Waals surface area contributed by atoms with E-state index in [0.717, 1.165) is 11.8 Å². The van der Waals surface area contributed by atoms with Gasteiger partial charge in [-0.05, 0) is 48.3 Å². The van der Waals surface area contributed by atoms with E-state index in [4.69, 9.17) is 0 Å². The number of rotatable bonds is 4. The number of benzene rings is 1. The van der Waals surface area contributed by atoms with Crippen LogP contribution in [0.1, 0.15) is 38.3 Å². The van der Waals surface area contributed by atoms with E-state index in [9.17, 15) is 4.39 Å². The molecule has 0 radical (unpaired) electrons. The lowest BCUT2D eigenvalue weighted by Gasteiger charge is -2.43. The van der Waals surface area contributed by atoms with Crippen molar-refractivity contribution in [3.63, 3.8) is 0 Å². The molecule has 2 aliphatic carbocycles. The Balaban J connectivity index is 1.71. The Morgan fingerprint density at radius 3 is 2.58 bits per heavy atom. The third-order valence-corrected chi connectivity index (χ3v) is 4.65. The van der Waals surface area contributed by atoms with Crippen molar-refractivity contribution >= 4 is 0 Å². The molecule has 0 heterocycles. The maximum atomic E-state index is 13.0. The van der Waals surface area contributed by atoms with Gasteiger partial charge in [0, 0.05) is 12.1 Å². The highest BCUT2D eigenvalue weighted by molar-refractivity contribution is 5.22. The SMILES string of the molecule is CC(C)C(NC1CC2CC=CC21)c1ccc(F)cc1. The van der Waals surface area contributed by atoms with Gasteiger partial charge in [0.15, 0.2) is 0 Å². The molecule has 4 unspecified atom stereocenters. The van der Waals surface area contributed by atoms with Crippen molar-refractivity contribution in [1.82, 2.24) is 5.32 Å². The minimum Gasteiger partial charge on any atom is -0.306 e. The largest absolute Gasteiger partial charge is 0.306 e. The molecule has 0 aromatic heterocycles. The molecule has 0 aliphatic heterocycles. The smallest absolute Gasteiger partial charge is 0.123 e. The molecule has 0 spiro atoms. The van der Waals surface area contributed by atoms with Crippen molar-refractivity contribution in [2.75, 3.05) is 0 Å². The highest BCUT2D eigenvalue weighted by Gasteiger charge is 2.41. The van der Waals surface area contributed by atoms with Crippen molar-refractivity contribution < 1.29 is 4.39 Å². The van der Waals surface area contributed by atoms with E-state index in [1.54, 1.807) is 12.1 Å². The van der Waals surface area contributed by atoms with Gasteiger partial charge in [-0.3, -0.25) is 0 Å². The molecule has 0 saturated heterocycles. The third kappa shape index (κ3) is 2.46. The van der Waals surface area contributed by atoms with E-state index in [1.165, 1.54) is 18.4 Å². The Bertz CT molecular complexity index is 463. The summed E-state index contributed by atoms with van der Waals surface area (Å²) in [6, 6.07) is 7.86. The molecule has 1 nitrogen and oxygen atoms in total. The third-order valence-electron chi connectivity index (χ3n) is 4.65. The summed E-state index contributed by atoms with van der Waals surface area (Å²) in [5.41, 5.74) is 1.20. The van der Waals surface area contributed by atoms with Gasteiger partial charge in [0.25, 0.3) is 0 Å². The molecular formula is C17H22FN. The van der Waals surface area contributed by atoms with Crippen LogP contribution < -0.4 is 5.32 Å². The molecule has 0 amide bonds. The first-order valence-electron chi connectivity index (χ1n) is 7.33. The van der Waals surface area contributed by atoms with Crippen LogP contribution >= 0.6 is 0 Å². The van der Waals surface area contributed by atoms with Crippen LogP contribution in [0.25, 0.3) is 0 Å². The van der Waals surface area contributed by atoms with Crippen LogP contribution in [0.3, 0.4) is 0 Å². The van der Waals surface area contributed by atoms with Gasteiger partial charge >= 0.3 is 0 Å². The fourth-order valence-electron chi connectivity index (χ4n) is 3.48. The van der Waals surface area contributed by atoms with Crippen LogP contribution in [0.15, 0.2) is 36.4 Å². The first kappa shape index (κ1) is 12.9. The van der Waals surface area contributed by atoms with Gasteiger partial charge in [0.1, 0.15) is 5.82 Å². The molecule has 19 heavy (non-hydrogen) atoms. The van der Waals surface area contributed by atoms with Crippen LogP contribution in [-0.4, -0.2) is 6.04 Å². The lowest BCUT2D eigenvalue weighted by atomic mass is 9.70. The van der Waals surface area contributed by atoms with Gasteiger partial charge in [0.2, 0.25) is 0 Å². The first-order chi connectivity index (χ1) is 9.15. The molecule has 102 valence electrons. The Hall–Kier alpha value is -1.15. The Morgan fingerprint density at radius 2 is 1.95 bits per heavy atom. The molecule has 1 saturated carbocycles. The van der Waals surface area contributed by atoms with Crippen LogP contribution in [-0.2, 0) is 0 Å². The molecule has 0 bridgehead atoms. The van der Waals surface area contributed by atoms with Gasteiger partial charge in [-0.1, -0.05) is 38.1 Å². The van der Waals surface area contributed by atoms with E-state index in [1.807, 2.05) is 12.1 Å². The monoisotopic (exact) mass is 259 g/mol. The number of hydrogen-bond donors (Lipinski definition) is 1. The van der Waals surface area contributed by atoms with Gasteiger partial charge in [-0.25, -0.2) is 4.39 Å². The second-order valence-corrected chi connectivity index (χ2v) is 6.28. The summed E-state index contributed by atoms with van der Waals surface area (Å²) in [4.78, 5) is 0. The van der Waals surface area contributed by atoms with Crippen LogP contribution in [0, 0.1) is 23.6 Å². The summed E-state index contributed by atoms with van der Waals surface area (Å²) in [5, 5.41) is 3.79. The van der Waals surface area contributed by atoms with Crippen molar-refractivity contribution in [2.45, 2.75) is 38.8 Å². The van der Waals surface area contributed by atoms with Gasteiger partial charge in [-0.2, -0.15) is 0 Å². The van der Waals surface area contributed by atoms with Crippen molar-refractivity contribution in [3.05, 3.63) is 47.8 Å². The molecule has 1 N–H and O–H groups in total. The quantitative estimate of drug-likeness (QED) is 0.803. The van der Waals surface area contributed by atoms with Crippen molar-refractivity contribution in [3.8, 4) is 0 Å². The van der Waals surface area contributed by atoms with Crippen LogP contribution in [0.2, 0.25) is 0 Å². The second-order valence-electron chi connectivity index (χ2n) is 6.28. The molecule has 1 fully saturated rings. The minimum absolute atomic E-state index is 0.159. The normalized spacial score (nSPS) is 30.2. The highest BCUT2D eigenvalue weighted by atomic mass is 19.1. The fraction of sp³-hybridized carbons (Fsp3) is 0.529. The van der Waals surface area contributed by atoms with Gasteiger partial charge < -0.3 is 5.32 Å². The standard InChI is InChI=1S/C17H22FN/c1-11(2)17(12-6-8-14(18)9-7-12)19-16-10-13-4-3-5-15(13)16/h3,5-9,11,13,15-17,19H,4,10H2,1-2H3. The maximum absolute atomic E-state index is 13.0. The molecular weight excluding hydrogens is 237 g/mol. The zero-order valence-electron chi connectivity index (χ0n) is 11.6. The Labute approximate surface area is 114 Å². The molecule has 2 aliphatic rings. The predicted molar refractivity (Wildman–Crippen MR) is 76.3 cm³/mol. The lowest BCUT2D eigenvalue weighted by Crippen LogP contribution is -2.50. The van der Waals surface area contributed by atoms with Gasteiger partial charge in [-0.15, -0.1) is 0 Å². The topological polar surface area (TPSA) is 12.0 Å². The average molecular weight is 259 g/mol. The second kappa shape index (κ2) is 5.09. The van der Waals surface area contributed by atoms with E-state index < -0.39 is 0 Å². The van der Waals surface area contributed by atoms with Gasteiger partial charge in [0.05, 0.1) is 0 Å². The molecule has 4 atom stereocenters. The van der Waals surface area contributed by atoms with Crippen LogP contribution in [0.4, 0.5) is 4.39 Å². The maximum Gasteiger partial charge on any atom is 0.123 e. The molecule has 3 rings (SSSR count). The summed E-state index contributed by atoms with van der Waals surface area (Å²) >= 11 is 0. The Morgan fingerprint density at radius 1 is 1.21 bits per heavy atom. The van der Waals surface area contributed by atoms with Crippen molar-refractivity contribution in [2.24, 2.45) is 17.8 Å². The zero-order valence-corrected chi connectivity index (χ0v) is 11.6. The Kier molecular flexibility index (Phi) is 3.44. The van der Waals surface area contributed by atoms with E-state index in [0.29, 0.717) is 18.0 Å². The predicted octanol–water partition coefficient (Wildman–Crippen LogP) is 4.08. The summed E-state index contributed by atoms with van der Waals surface area (Å²) in [6.07, 6.45) is 7.22. The molecule has 2 heteroatoms. The summed E-state index contributed by atoms with van der Waals surface area (Å²) in [5.74, 6) is 1.95. The van der Waals surface area contributed by atoms with E-state index in [2.05, 4.69) is 31.3 Å². The average Bonchev–Trinajstić information content (AvgIpc) is 2.73. The number of hydrogen-bond acceptors (Lipinski definition) is 1. The zero-order chi connectivity index (χ0) is 13.4. The number of allylic oxidation sites excluding steroid dienone is 1. The lowest BCUT2D eigenvalue weighted by molar-refractivity contribution is 0.140. The van der Waals surface area contributed by atoms with E-state index in [-0.39, 0.29) is 5.82 Å². The highest BCUT2D eigenvalue weighted by Crippen LogP contribution is 2.44. The van der Waals surface area contributed by atoms with Crippen LogP contribution in [0.5, 0.6) is 0 Å². The molecule has 1 aromatic carbocycles. The number of nitrogens with one attached hydrogen (secondary N) is 1. The fourth-order valence-corrected chi connectivity index (χ4v) is 3.48. The first-order valence-corrected chi connectivity index (χ1v) is 7.33. The van der Waals surface area contributed by atoms with Crippen molar-refractivity contribution in [1.29, 1.82) is 0 Å².